The minimum absolute atomic E-state index is 0.0242. The van der Waals surface area contributed by atoms with E-state index in [1.807, 2.05) is 19.1 Å². The van der Waals surface area contributed by atoms with Crippen molar-refractivity contribution in [2.75, 3.05) is 7.11 Å². The van der Waals surface area contributed by atoms with Crippen molar-refractivity contribution in [3.63, 3.8) is 0 Å². The lowest BCUT2D eigenvalue weighted by atomic mass is 10.2. The molecule has 0 radical (unpaired) electrons. The highest BCUT2D eigenvalue weighted by Gasteiger charge is 2.13. The Morgan fingerprint density at radius 1 is 1.38 bits per heavy atom. The van der Waals surface area contributed by atoms with Crippen LogP contribution in [0.1, 0.15) is 16.2 Å². The Kier molecular flexibility index (Phi) is 2.75. The van der Waals surface area contributed by atoms with E-state index in [-0.39, 0.29) is 11.0 Å². The van der Waals surface area contributed by atoms with E-state index in [0.717, 1.165) is 10.9 Å². The van der Waals surface area contributed by atoms with Gasteiger partial charge in [-0.15, -0.1) is 0 Å². The number of hydrogen-bond donors (Lipinski definition) is 0. The van der Waals surface area contributed by atoms with Gasteiger partial charge in [-0.25, -0.2) is 14.8 Å². The van der Waals surface area contributed by atoms with Crippen LogP contribution in [0.15, 0.2) is 18.2 Å². The topological polar surface area (TPSA) is 52.1 Å². The highest BCUT2D eigenvalue weighted by atomic mass is 35.5. The molecular formula is C11H9ClN2O2. The van der Waals surface area contributed by atoms with Gasteiger partial charge in [0.1, 0.15) is 5.15 Å². The third-order valence-corrected chi connectivity index (χ3v) is 2.46. The summed E-state index contributed by atoms with van der Waals surface area (Å²) in [7, 11) is 1.28. The van der Waals surface area contributed by atoms with Gasteiger partial charge in [0.05, 0.1) is 12.6 Å². The van der Waals surface area contributed by atoms with E-state index < -0.39 is 5.97 Å². The summed E-state index contributed by atoms with van der Waals surface area (Å²) in [4.78, 5) is 19.2. The van der Waals surface area contributed by atoms with E-state index in [4.69, 9.17) is 11.6 Å². The molecule has 16 heavy (non-hydrogen) atoms. The number of aromatic nitrogens is 2. The highest BCUT2D eigenvalue weighted by Crippen LogP contribution is 2.21. The second-order valence-electron chi connectivity index (χ2n) is 3.35. The van der Waals surface area contributed by atoms with E-state index in [2.05, 4.69) is 14.7 Å². The van der Waals surface area contributed by atoms with Gasteiger partial charge in [0.15, 0.2) is 0 Å². The van der Waals surface area contributed by atoms with Crippen molar-refractivity contribution in [2.24, 2.45) is 0 Å². The van der Waals surface area contributed by atoms with Gasteiger partial charge >= 0.3 is 5.97 Å². The van der Waals surface area contributed by atoms with Gasteiger partial charge in [-0.2, -0.15) is 0 Å². The number of hydrogen-bond acceptors (Lipinski definition) is 4. The number of carbonyl (C=O) groups is 1. The lowest BCUT2D eigenvalue weighted by Crippen LogP contribution is -2.07. The fourth-order valence-electron chi connectivity index (χ4n) is 1.39. The minimum Gasteiger partial charge on any atom is -0.463 e. The monoisotopic (exact) mass is 236 g/mol. The van der Waals surface area contributed by atoms with Gasteiger partial charge in [-0.1, -0.05) is 23.2 Å². The van der Waals surface area contributed by atoms with Gasteiger partial charge in [-0.3, -0.25) is 0 Å². The highest BCUT2D eigenvalue weighted by molar-refractivity contribution is 6.34. The summed E-state index contributed by atoms with van der Waals surface area (Å²) in [5.41, 5.74) is 1.69. The Balaban J connectivity index is 2.68. The van der Waals surface area contributed by atoms with Crippen LogP contribution in [-0.2, 0) is 4.74 Å². The first-order valence-corrected chi connectivity index (χ1v) is 5.02. The number of ether oxygens (including phenoxy) is 1. The molecule has 1 aromatic heterocycles. The van der Waals surface area contributed by atoms with Crippen molar-refractivity contribution >= 4 is 28.5 Å². The molecule has 0 saturated heterocycles. The summed E-state index contributed by atoms with van der Waals surface area (Å²) in [5, 5.41) is 0.989. The van der Waals surface area contributed by atoms with Gasteiger partial charge in [-0.05, 0) is 19.1 Å². The standard InChI is InChI=1S/C11H9ClN2O2/c1-6-3-4-8-7(5-6)9(12)14-10(13-8)11(15)16-2/h3-5H,1-2H3. The lowest BCUT2D eigenvalue weighted by Gasteiger charge is -2.03. The predicted octanol–water partition coefficient (Wildman–Crippen LogP) is 2.38. The Labute approximate surface area is 97.2 Å². The number of benzene rings is 1. The van der Waals surface area contributed by atoms with Crippen LogP contribution >= 0.6 is 11.6 Å². The van der Waals surface area contributed by atoms with Crippen LogP contribution in [0.4, 0.5) is 0 Å². The van der Waals surface area contributed by atoms with Crippen LogP contribution in [0.3, 0.4) is 0 Å². The third-order valence-electron chi connectivity index (χ3n) is 2.17. The van der Waals surface area contributed by atoms with Crippen LogP contribution in [0, 0.1) is 6.92 Å². The average molecular weight is 237 g/mol. The number of esters is 1. The number of nitrogens with zero attached hydrogens (tertiary/aromatic N) is 2. The SMILES string of the molecule is COC(=O)c1nc(Cl)c2cc(C)ccc2n1. The minimum atomic E-state index is -0.593. The van der Waals surface area contributed by atoms with Crippen molar-refractivity contribution in [3.05, 3.63) is 34.7 Å². The van der Waals surface area contributed by atoms with Crippen molar-refractivity contribution in [1.82, 2.24) is 9.97 Å². The number of rotatable bonds is 1. The quantitative estimate of drug-likeness (QED) is 0.564. The molecule has 0 unspecified atom stereocenters. The molecule has 4 nitrogen and oxygen atoms in total. The van der Waals surface area contributed by atoms with Gasteiger partial charge in [0, 0.05) is 5.39 Å². The van der Waals surface area contributed by atoms with Gasteiger partial charge in [0.25, 0.3) is 0 Å². The fraction of sp³-hybridized carbons (Fsp3) is 0.182. The molecule has 0 amide bonds. The number of methoxy groups -OCH3 is 1. The largest absolute Gasteiger partial charge is 0.463 e. The van der Waals surface area contributed by atoms with E-state index in [1.165, 1.54) is 7.11 Å². The first-order valence-electron chi connectivity index (χ1n) is 4.64. The molecule has 5 heteroatoms. The van der Waals surface area contributed by atoms with E-state index in [1.54, 1.807) is 6.07 Å². The molecule has 0 bridgehead atoms. The fourth-order valence-corrected chi connectivity index (χ4v) is 1.62. The predicted molar refractivity (Wildman–Crippen MR) is 60.6 cm³/mol. The number of fused-ring (bicyclic) bond motifs is 1. The zero-order valence-corrected chi connectivity index (χ0v) is 9.58. The first-order chi connectivity index (χ1) is 7.61. The van der Waals surface area contributed by atoms with Crippen molar-refractivity contribution < 1.29 is 9.53 Å². The average Bonchev–Trinajstić information content (AvgIpc) is 2.28. The molecule has 1 aromatic carbocycles. The van der Waals surface area contributed by atoms with Crippen LogP contribution in [0.5, 0.6) is 0 Å². The number of aryl methyl sites for hydroxylation is 1. The van der Waals surface area contributed by atoms with E-state index in [0.29, 0.717) is 5.52 Å². The molecule has 0 aliphatic heterocycles. The van der Waals surface area contributed by atoms with Crippen LogP contribution in [0.2, 0.25) is 5.15 Å². The molecule has 0 spiro atoms. The molecule has 82 valence electrons. The molecule has 2 aromatic rings. The maximum absolute atomic E-state index is 11.3. The Morgan fingerprint density at radius 3 is 2.81 bits per heavy atom. The zero-order valence-electron chi connectivity index (χ0n) is 8.82. The van der Waals surface area contributed by atoms with E-state index in [9.17, 15) is 4.79 Å². The Morgan fingerprint density at radius 2 is 2.12 bits per heavy atom. The summed E-state index contributed by atoms with van der Waals surface area (Å²) in [6, 6.07) is 5.57. The lowest BCUT2D eigenvalue weighted by molar-refractivity contribution is 0.0587. The molecule has 0 fully saturated rings. The van der Waals surface area contributed by atoms with Crippen molar-refractivity contribution in [3.8, 4) is 0 Å². The molecule has 0 N–H and O–H groups in total. The van der Waals surface area contributed by atoms with Gasteiger partial charge in [0.2, 0.25) is 5.82 Å². The second kappa shape index (κ2) is 4.06. The molecule has 0 saturated carbocycles. The molecule has 0 aliphatic rings. The maximum Gasteiger partial charge on any atom is 0.376 e. The van der Waals surface area contributed by atoms with Crippen molar-refractivity contribution in [1.29, 1.82) is 0 Å². The molecule has 0 aliphatic carbocycles. The normalized spacial score (nSPS) is 10.4. The van der Waals surface area contributed by atoms with E-state index >= 15 is 0 Å². The maximum atomic E-state index is 11.3. The zero-order chi connectivity index (χ0) is 11.7. The van der Waals surface area contributed by atoms with Crippen LogP contribution in [0.25, 0.3) is 10.9 Å². The first kappa shape index (κ1) is 10.8. The molecule has 1 heterocycles. The smallest absolute Gasteiger partial charge is 0.376 e. The van der Waals surface area contributed by atoms with Crippen LogP contribution < -0.4 is 0 Å². The summed E-state index contributed by atoms with van der Waals surface area (Å²) in [6.45, 7) is 1.95. The van der Waals surface area contributed by atoms with Crippen molar-refractivity contribution in [2.45, 2.75) is 6.92 Å². The third kappa shape index (κ3) is 1.84. The second-order valence-corrected chi connectivity index (χ2v) is 3.71. The summed E-state index contributed by atoms with van der Waals surface area (Å²) >= 11 is 5.98. The Bertz CT molecular complexity index is 569. The van der Waals surface area contributed by atoms with Gasteiger partial charge < -0.3 is 4.74 Å². The summed E-state index contributed by atoms with van der Waals surface area (Å²) in [5.74, 6) is -0.617. The summed E-state index contributed by atoms with van der Waals surface area (Å²) in [6.07, 6.45) is 0. The number of halogens is 1. The summed E-state index contributed by atoms with van der Waals surface area (Å²) < 4.78 is 4.54. The molecule has 2 rings (SSSR count). The molecule has 0 atom stereocenters. The number of carbonyl (C=O) groups excluding carboxylic acids is 1. The Hall–Kier alpha value is -1.68. The molecular weight excluding hydrogens is 228 g/mol. The van der Waals surface area contributed by atoms with Crippen LogP contribution in [-0.4, -0.2) is 23.0 Å².